The number of rotatable bonds is 7. The Kier molecular flexibility index (Phi) is 7.60. The second kappa shape index (κ2) is 11.0. The fourth-order valence-electron chi connectivity index (χ4n) is 4.95. The van der Waals surface area contributed by atoms with Crippen molar-refractivity contribution in [2.75, 3.05) is 25.0 Å². The number of nitrogens with one attached hydrogen (secondary N) is 2. The van der Waals surface area contributed by atoms with E-state index in [2.05, 4.69) is 20.6 Å². The number of aromatic nitrogens is 2. The molecule has 1 amide bonds. The van der Waals surface area contributed by atoms with E-state index in [-0.39, 0.29) is 10.9 Å². The third-order valence-electron chi connectivity index (χ3n) is 6.81. The molecular weight excluding hydrogens is 485 g/mol. The van der Waals surface area contributed by atoms with Gasteiger partial charge in [0.15, 0.2) is 0 Å². The molecule has 1 aliphatic heterocycles. The molecule has 9 heteroatoms. The lowest BCUT2D eigenvalue weighted by atomic mass is 9.89. The zero-order valence-electron chi connectivity index (χ0n) is 19.5. The monoisotopic (exact) mass is 513 g/mol. The average molecular weight is 514 g/mol. The maximum atomic E-state index is 13.5. The summed E-state index contributed by atoms with van der Waals surface area (Å²) >= 11 is 7.53. The molecule has 3 heterocycles. The molecule has 0 radical (unpaired) electrons. The van der Waals surface area contributed by atoms with Gasteiger partial charge in [0, 0.05) is 29.7 Å². The van der Waals surface area contributed by atoms with Crippen LogP contribution in [0.15, 0.2) is 36.7 Å². The maximum Gasteiger partial charge on any atom is 0.246 e. The first kappa shape index (κ1) is 24.2. The van der Waals surface area contributed by atoms with Crippen LogP contribution in [0.25, 0.3) is 10.2 Å². The van der Waals surface area contributed by atoms with Crippen LogP contribution in [0.1, 0.15) is 42.5 Å². The molecule has 1 aliphatic carbocycles. The van der Waals surface area contributed by atoms with Crippen molar-refractivity contribution in [2.24, 2.45) is 5.92 Å². The zero-order valence-corrected chi connectivity index (χ0v) is 21.1. The van der Waals surface area contributed by atoms with Crippen molar-refractivity contribution < 1.29 is 9.18 Å². The van der Waals surface area contributed by atoms with E-state index in [1.165, 1.54) is 50.1 Å². The largest absolute Gasteiger partial charge is 0.340 e. The van der Waals surface area contributed by atoms with Gasteiger partial charge >= 0.3 is 0 Å². The van der Waals surface area contributed by atoms with Crippen molar-refractivity contribution in [3.63, 3.8) is 0 Å². The molecular formula is C26H29ClFN5OS. The third kappa shape index (κ3) is 5.66. The Morgan fingerprint density at radius 3 is 2.94 bits per heavy atom. The number of fused-ring (bicyclic) bond motifs is 3. The van der Waals surface area contributed by atoms with Crippen molar-refractivity contribution in [2.45, 2.75) is 45.1 Å². The summed E-state index contributed by atoms with van der Waals surface area (Å²) < 4.78 is 13.5. The Hall–Kier alpha value is -2.55. The number of carbonyl (C=O) groups is 1. The normalized spacial score (nSPS) is 16.7. The Labute approximate surface area is 213 Å². The highest BCUT2D eigenvalue weighted by molar-refractivity contribution is 7.19. The van der Waals surface area contributed by atoms with Crippen molar-refractivity contribution in [3.05, 3.63) is 58.0 Å². The minimum Gasteiger partial charge on any atom is -0.340 e. The van der Waals surface area contributed by atoms with E-state index < -0.39 is 5.82 Å². The van der Waals surface area contributed by atoms with Crippen LogP contribution in [0, 0.1) is 11.7 Å². The van der Waals surface area contributed by atoms with Crippen LogP contribution >= 0.6 is 22.9 Å². The fourth-order valence-corrected chi connectivity index (χ4v) is 6.33. The number of benzene rings is 1. The molecule has 6 nitrogen and oxygen atoms in total. The number of hydrogen-bond acceptors (Lipinski definition) is 6. The maximum absolute atomic E-state index is 13.5. The summed E-state index contributed by atoms with van der Waals surface area (Å²) in [5, 5.41) is 7.74. The van der Waals surface area contributed by atoms with Crippen LogP contribution in [0.5, 0.6) is 0 Å². The summed E-state index contributed by atoms with van der Waals surface area (Å²) in [5.74, 6) is 1.03. The van der Waals surface area contributed by atoms with E-state index in [0.29, 0.717) is 24.6 Å². The number of anilines is 2. The topological polar surface area (TPSA) is 70.2 Å². The van der Waals surface area contributed by atoms with E-state index in [1.807, 2.05) is 11.0 Å². The van der Waals surface area contributed by atoms with Crippen molar-refractivity contribution >= 4 is 50.6 Å². The van der Waals surface area contributed by atoms with Crippen LogP contribution in [0.4, 0.5) is 15.9 Å². The van der Waals surface area contributed by atoms with E-state index in [9.17, 15) is 9.18 Å². The molecule has 0 atom stereocenters. The molecule has 0 unspecified atom stereocenters. The smallest absolute Gasteiger partial charge is 0.246 e. The minimum absolute atomic E-state index is 0.0398. The second-order valence-electron chi connectivity index (χ2n) is 9.23. The fraction of sp³-hybridized carbons (Fsp3) is 0.423. The standard InChI is InChI=1S/C26H29ClFN5OS/c27-20-13-18(8-9-21(20)28)32-25-24-19-10-12-33(15-22(19)35-26(24)31-16-30-25)23(34)7-4-11-29-14-17-5-2-1-3-6-17/h4,7-9,13,16-17,29H,1-3,5-6,10-12,14-15H2,(H,30,31,32). The SMILES string of the molecule is O=C(C=CCNCC1CCCCC1)N1CCc2c(sc3ncnc(Nc4ccc(F)c(Cl)c4)c23)C1. The highest BCUT2D eigenvalue weighted by Gasteiger charge is 2.25. The van der Waals surface area contributed by atoms with E-state index in [1.54, 1.807) is 29.5 Å². The van der Waals surface area contributed by atoms with Gasteiger partial charge in [-0.3, -0.25) is 4.79 Å². The predicted octanol–water partition coefficient (Wildman–Crippen LogP) is 5.84. The van der Waals surface area contributed by atoms with Crippen LogP contribution in [0.3, 0.4) is 0 Å². The van der Waals surface area contributed by atoms with Crippen LogP contribution in [-0.4, -0.2) is 40.4 Å². The number of amides is 1. The van der Waals surface area contributed by atoms with E-state index in [4.69, 9.17) is 11.6 Å². The van der Waals surface area contributed by atoms with Gasteiger partial charge in [0.05, 0.1) is 17.0 Å². The van der Waals surface area contributed by atoms with E-state index >= 15 is 0 Å². The molecule has 1 saturated carbocycles. The van der Waals surface area contributed by atoms with Crippen molar-refractivity contribution in [3.8, 4) is 0 Å². The Balaban J connectivity index is 1.22. The molecule has 1 fully saturated rings. The van der Waals surface area contributed by atoms with Gasteiger partial charge in [0.1, 0.15) is 22.8 Å². The Morgan fingerprint density at radius 1 is 1.26 bits per heavy atom. The first-order chi connectivity index (χ1) is 17.1. The highest BCUT2D eigenvalue weighted by Crippen LogP contribution is 2.38. The molecule has 2 N–H and O–H groups in total. The van der Waals surface area contributed by atoms with Crippen LogP contribution in [0.2, 0.25) is 5.02 Å². The quantitative estimate of drug-likeness (QED) is 0.307. The Morgan fingerprint density at radius 2 is 2.11 bits per heavy atom. The number of hydrogen-bond donors (Lipinski definition) is 2. The first-order valence-corrected chi connectivity index (χ1v) is 13.4. The summed E-state index contributed by atoms with van der Waals surface area (Å²) in [7, 11) is 0. The number of thiophene rings is 1. The minimum atomic E-state index is -0.461. The summed E-state index contributed by atoms with van der Waals surface area (Å²) in [6, 6.07) is 4.50. The molecule has 2 aromatic heterocycles. The summed E-state index contributed by atoms with van der Waals surface area (Å²) in [5.41, 5.74) is 1.83. The molecule has 0 bridgehead atoms. The van der Waals surface area contributed by atoms with Gasteiger partial charge in [0.25, 0.3) is 0 Å². The molecule has 5 rings (SSSR count). The average Bonchev–Trinajstić information content (AvgIpc) is 3.25. The molecule has 2 aliphatic rings. The molecule has 184 valence electrons. The molecule has 0 spiro atoms. The number of halogens is 2. The van der Waals surface area contributed by atoms with Crippen molar-refractivity contribution in [1.29, 1.82) is 0 Å². The first-order valence-electron chi connectivity index (χ1n) is 12.2. The van der Waals surface area contributed by atoms with Gasteiger partial charge in [-0.25, -0.2) is 14.4 Å². The van der Waals surface area contributed by atoms with Gasteiger partial charge < -0.3 is 15.5 Å². The third-order valence-corrected chi connectivity index (χ3v) is 8.23. The van der Waals surface area contributed by atoms with Crippen LogP contribution < -0.4 is 10.6 Å². The molecule has 1 aromatic carbocycles. The lowest BCUT2D eigenvalue weighted by molar-refractivity contribution is -0.126. The molecule has 0 saturated heterocycles. The lowest BCUT2D eigenvalue weighted by Crippen LogP contribution is -2.34. The van der Waals surface area contributed by atoms with Gasteiger partial charge in [0.2, 0.25) is 5.91 Å². The summed E-state index contributed by atoms with van der Waals surface area (Å²) in [6.07, 6.45) is 12.6. The molecule has 3 aromatic rings. The van der Waals surface area contributed by atoms with Crippen molar-refractivity contribution in [1.82, 2.24) is 20.2 Å². The lowest BCUT2D eigenvalue weighted by Gasteiger charge is -2.26. The second-order valence-corrected chi connectivity index (χ2v) is 10.7. The Bertz CT molecular complexity index is 1240. The number of carbonyl (C=O) groups excluding carboxylic acids is 1. The van der Waals surface area contributed by atoms with E-state index in [0.717, 1.165) is 40.5 Å². The summed E-state index contributed by atoms with van der Waals surface area (Å²) in [4.78, 5) is 25.6. The summed E-state index contributed by atoms with van der Waals surface area (Å²) in [6.45, 7) is 2.97. The molecule has 35 heavy (non-hydrogen) atoms. The highest BCUT2D eigenvalue weighted by atomic mass is 35.5. The van der Waals surface area contributed by atoms with Crippen LogP contribution in [-0.2, 0) is 17.8 Å². The van der Waals surface area contributed by atoms with Gasteiger partial charge in [-0.15, -0.1) is 11.3 Å². The van der Waals surface area contributed by atoms with Gasteiger partial charge in [-0.1, -0.05) is 36.9 Å². The van der Waals surface area contributed by atoms with Gasteiger partial charge in [-0.05, 0) is 55.5 Å². The van der Waals surface area contributed by atoms with Gasteiger partial charge in [-0.2, -0.15) is 0 Å². The predicted molar refractivity (Wildman–Crippen MR) is 140 cm³/mol. The number of nitrogens with zero attached hydrogens (tertiary/aromatic N) is 3. The zero-order chi connectivity index (χ0) is 24.2.